The minimum absolute atomic E-state index is 0.0406. The van der Waals surface area contributed by atoms with Crippen LogP contribution in [0.15, 0.2) is 47.4 Å². The SMILES string of the molecule is CCN1CCN(c2ccc(C(=O)O)cc2NS(=O)(=O)c2ccc(C(C)C)cc2)CC1. The van der Waals surface area contributed by atoms with E-state index < -0.39 is 16.0 Å². The van der Waals surface area contributed by atoms with Gasteiger partial charge in [-0.2, -0.15) is 0 Å². The molecule has 0 atom stereocenters. The third-order valence-electron chi connectivity index (χ3n) is 5.51. The van der Waals surface area contributed by atoms with Crippen LogP contribution in [0.1, 0.15) is 42.6 Å². The van der Waals surface area contributed by atoms with Crippen LogP contribution in [-0.4, -0.2) is 57.1 Å². The van der Waals surface area contributed by atoms with E-state index in [-0.39, 0.29) is 16.1 Å². The van der Waals surface area contributed by atoms with E-state index in [0.717, 1.165) is 38.3 Å². The Labute approximate surface area is 178 Å². The van der Waals surface area contributed by atoms with E-state index in [1.165, 1.54) is 12.1 Å². The first-order chi connectivity index (χ1) is 14.2. The number of hydrogen-bond acceptors (Lipinski definition) is 5. The van der Waals surface area contributed by atoms with Crippen LogP contribution in [0.25, 0.3) is 0 Å². The van der Waals surface area contributed by atoms with Crippen molar-refractivity contribution in [3.63, 3.8) is 0 Å². The van der Waals surface area contributed by atoms with Crippen LogP contribution in [-0.2, 0) is 10.0 Å². The Hall–Kier alpha value is -2.58. The number of anilines is 2. The van der Waals surface area contributed by atoms with Crippen molar-refractivity contribution >= 4 is 27.4 Å². The fourth-order valence-electron chi connectivity index (χ4n) is 3.57. The van der Waals surface area contributed by atoms with E-state index in [0.29, 0.717) is 11.6 Å². The lowest BCUT2D eigenvalue weighted by molar-refractivity contribution is 0.0697. The monoisotopic (exact) mass is 431 g/mol. The molecule has 0 bridgehead atoms. The van der Waals surface area contributed by atoms with Crippen molar-refractivity contribution < 1.29 is 18.3 Å². The molecular formula is C22H29N3O4S. The van der Waals surface area contributed by atoms with Gasteiger partial charge in [0, 0.05) is 26.2 Å². The molecule has 8 heteroatoms. The van der Waals surface area contributed by atoms with Crippen molar-refractivity contribution in [1.29, 1.82) is 0 Å². The summed E-state index contributed by atoms with van der Waals surface area (Å²) >= 11 is 0. The number of piperazine rings is 1. The summed E-state index contributed by atoms with van der Waals surface area (Å²) in [4.78, 5) is 16.0. The lowest BCUT2D eigenvalue weighted by Crippen LogP contribution is -2.46. The van der Waals surface area contributed by atoms with Gasteiger partial charge in [-0.1, -0.05) is 32.9 Å². The Balaban J connectivity index is 1.92. The predicted molar refractivity (Wildman–Crippen MR) is 119 cm³/mol. The van der Waals surface area contributed by atoms with Gasteiger partial charge in [-0.15, -0.1) is 0 Å². The number of carboxylic acid groups (broad SMARTS) is 1. The smallest absolute Gasteiger partial charge is 0.335 e. The highest BCUT2D eigenvalue weighted by Crippen LogP contribution is 2.31. The maximum Gasteiger partial charge on any atom is 0.335 e. The molecule has 2 aromatic carbocycles. The first-order valence-electron chi connectivity index (χ1n) is 10.2. The summed E-state index contributed by atoms with van der Waals surface area (Å²) in [5.74, 6) is -0.797. The molecule has 1 aliphatic rings. The topological polar surface area (TPSA) is 89.9 Å². The van der Waals surface area contributed by atoms with Gasteiger partial charge in [0.25, 0.3) is 10.0 Å². The minimum atomic E-state index is -3.85. The highest BCUT2D eigenvalue weighted by Gasteiger charge is 2.23. The van der Waals surface area contributed by atoms with Gasteiger partial charge >= 0.3 is 5.97 Å². The zero-order chi connectivity index (χ0) is 21.9. The molecule has 0 amide bonds. The van der Waals surface area contributed by atoms with Crippen LogP contribution >= 0.6 is 0 Å². The molecule has 1 fully saturated rings. The molecule has 1 saturated heterocycles. The van der Waals surface area contributed by atoms with Crippen LogP contribution in [0, 0.1) is 0 Å². The second kappa shape index (κ2) is 9.06. The number of likely N-dealkylation sites (N-methyl/N-ethyl adjacent to an activating group) is 1. The summed E-state index contributed by atoms with van der Waals surface area (Å²) in [5, 5.41) is 9.38. The zero-order valence-electron chi connectivity index (χ0n) is 17.6. The summed E-state index contributed by atoms with van der Waals surface area (Å²) in [7, 11) is -3.85. The van der Waals surface area contributed by atoms with Gasteiger partial charge in [-0.05, 0) is 48.4 Å². The van der Waals surface area contributed by atoms with Gasteiger partial charge in [0.15, 0.2) is 0 Å². The first-order valence-corrected chi connectivity index (χ1v) is 11.7. The maximum atomic E-state index is 13.0. The van der Waals surface area contributed by atoms with Gasteiger partial charge < -0.3 is 14.9 Å². The van der Waals surface area contributed by atoms with Crippen LogP contribution in [0.3, 0.4) is 0 Å². The third-order valence-corrected chi connectivity index (χ3v) is 6.89. The van der Waals surface area contributed by atoms with Crippen LogP contribution < -0.4 is 9.62 Å². The minimum Gasteiger partial charge on any atom is -0.478 e. The summed E-state index contributed by atoms with van der Waals surface area (Å²) < 4.78 is 28.6. The van der Waals surface area contributed by atoms with E-state index in [4.69, 9.17) is 0 Å². The third kappa shape index (κ3) is 4.94. The Bertz CT molecular complexity index is 996. The van der Waals surface area contributed by atoms with Gasteiger partial charge in [-0.3, -0.25) is 4.72 Å². The standard InChI is InChI=1S/C22H29N3O4S/c1-4-24-11-13-25(14-12-24)21-10-7-18(22(26)27)15-20(21)23-30(28,29)19-8-5-17(6-9-19)16(2)3/h5-10,15-16,23H,4,11-14H2,1-3H3,(H,26,27). The molecule has 2 N–H and O–H groups in total. The second-order valence-corrected chi connectivity index (χ2v) is 9.47. The lowest BCUT2D eigenvalue weighted by atomic mass is 10.0. The van der Waals surface area contributed by atoms with E-state index in [9.17, 15) is 18.3 Å². The molecule has 3 rings (SSSR count). The van der Waals surface area contributed by atoms with E-state index in [1.54, 1.807) is 30.3 Å². The van der Waals surface area contributed by atoms with E-state index in [2.05, 4.69) is 21.4 Å². The molecular weight excluding hydrogens is 402 g/mol. The number of carbonyl (C=O) groups is 1. The second-order valence-electron chi connectivity index (χ2n) is 7.79. The number of nitrogens with one attached hydrogen (secondary N) is 1. The molecule has 0 aliphatic carbocycles. The van der Waals surface area contributed by atoms with Crippen molar-refractivity contribution in [3.05, 3.63) is 53.6 Å². The normalized spacial score (nSPS) is 15.4. The number of hydrogen-bond donors (Lipinski definition) is 2. The van der Waals surface area contributed by atoms with Gasteiger partial charge in [0.2, 0.25) is 0 Å². The molecule has 30 heavy (non-hydrogen) atoms. The van der Waals surface area contributed by atoms with Crippen molar-refractivity contribution in [1.82, 2.24) is 4.90 Å². The molecule has 0 unspecified atom stereocenters. The van der Waals surface area contributed by atoms with Gasteiger partial charge in [0.05, 0.1) is 21.8 Å². The fourth-order valence-corrected chi connectivity index (χ4v) is 4.63. The molecule has 2 aromatic rings. The summed E-state index contributed by atoms with van der Waals surface area (Å²) in [6.45, 7) is 10.4. The van der Waals surface area contributed by atoms with Crippen LogP contribution in [0.2, 0.25) is 0 Å². The average Bonchev–Trinajstić information content (AvgIpc) is 2.73. The van der Waals surface area contributed by atoms with Crippen molar-refractivity contribution in [2.45, 2.75) is 31.6 Å². The number of benzene rings is 2. The number of aromatic carboxylic acids is 1. The Morgan fingerprint density at radius 2 is 1.70 bits per heavy atom. The van der Waals surface area contributed by atoms with Crippen LogP contribution in [0.4, 0.5) is 11.4 Å². The van der Waals surface area contributed by atoms with Gasteiger partial charge in [0.1, 0.15) is 0 Å². The van der Waals surface area contributed by atoms with Crippen molar-refractivity contribution in [2.24, 2.45) is 0 Å². The summed E-state index contributed by atoms with van der Waals surface area (Å²) in [5.41, 5.74) is 2.07. The molecule has 1 heterocycles. The maximum absolute atomic E-state index is 13.0. The lowest BCUT2D eigenvalue weighted by Gasteiger charge is -2.36. The van der Waals surface area contributed by atoms with Crippen LogP contribution in [0.5, 0.6) is 0 Å². The van der Waals surface area contributed by atoms with Gasteiger partial charge in [-0.25, -0.2) is 13.2 Å². The van der Waals surface area contributed by atoms with Crippen molar-refractivity contribution in [3.8, 4) is 0 Å². The molecule has 0 spiro atoms. The molecule has 0 aromatic heterocycles. The largest absolute Gasteiger partial charge is 0.478 e. The molecule has 7 nitrogen and oxygen atoms in total. The quantitative estimate of drug-likeness (QED) is 0.698. The molecule has 1 aliphatic heterocycles. The fraction of sp³-hybridized carbons (Fsp3) is 0.409. The van der Waals surface area contributed by atoms with Crippen molar-refractivity contribution in [2.75, 3.05) is 42.3 Å². The Morgan fingerprint density at radius 3 is 2.23 bits per heavy atom. The highest BCUT2D eigenvalue weighted by molar-refractivity contribution is 7.92. The number of rotatable bonds is 7. The molecule has 162 valence electrons. The van der Waals surface area contributed by atoms with E-state index in [1.807, 2.05) is 13.8 Å². The summed E-state index contributed by atoms with van der Waals surface area (Å²) in [6, 6.07) is 11.4. The molecule has 0 radical (unpaired) electrons. The zero-order valence-corrected chi connectivity index (χ0v) is 18.4. The number of carboxylic acids is 1. The molecule has 0 saturated carbocycles. The number of nitrogens with zero attached hydrogens (tertiary/aromatic N) is 2. The number of sulfonamides is 1. The highest BCUT2D eigenvalue weighted by atomic mass is 32.2. The first kappa shape index (κ1) is 22.1. The average molecular weight is 432 g/mol. The Morgan fingerprint density at radius 1 is 1.07 bits per heavy atom. The summed E-state index contributed by atoms with van der Waals surface area (Å²) in [6.07, 6.45) is 0. The van der Waals surface area contributed by atoms with E-state index >= 15 is 0 Å². The Kier molecular flexibility index (Phi) is 6.67. The predicted octanol–water partition coefficient (Wildman–Crippen LogP) is 3.45.